The van der Waals surface area contributed by atoms with Gasteiger partial charge in [0.25, 0.3) is 0 Å². The van der Waals surface area contributed by atoms with Crippen molar-refractivity contribution in [1.29, 1.82) is 0 Å². The van der Waals surface area contributed by atoms with Crippen molar-refractivity contribution in [3.63, 3.8) is 0 Å². The molecule has 1 aliphatic rings. The number of alkyl halides is 1. The van der Waals surface area contributed by atoms with E-state index in [1.54, 1.807) is 0 Å². The Morgan fingerprint density at radius 1 is 1.63 bits per heavy atom. The largest absolute Gasteiger partial charge is 0.503 e. The van der Waals surface area contributed by atoms with Crippen LogP contribution in [-0.2, 0) is 4.74 Å². The van der Waals surface area contributed by atoms with Crippen LogP contribution >= 0.6 is 0 Å². The number of hydrogen-bond donors (Lipinski definition) is 3. The van der Waals surface area contributed by atoms with E-state index in [9.17, 15) is 18.7 Å². The summed E-state index contributed by atoms with van der Waals surface area (Å²) in [5, 5.41) is 18.3. The van der Waals surface area contributed by atoms with E-state index in [2.05, 4.69) is 4.98 Å². The van der Waals surface area contributed by atoms with Gasteiger partial charge in [-0.2, -0.15) is 4.98 Å². The molecule has 0 aliphatic carbocycles. The van der Waals surface area contributed by atoms with E-state index in [1.807, 2.05) is 0 Å². The Morgan fingerprint density at radius 3 is 2.84 bits per heavy atom. The summed E-state index contributed by atoms with van der Waals surface area (Å²) in [5.41, 5.74) is 3.83. The number of ether oxygens (including phenoxy) is 1. The highest BCUT2D eigenvalue weighted by atomic mass is 19.1. The number of rotatable bonds is 2. The topological polar surface area (TPSA) is 111 Å². The first-order valence-electron chi connectivity index (χ1n) is 5.27. The third-order valence-corrected chi connectivity index (χ3v) is 2.77. The van der Waals surface area contributed by atoms with E-state index in [0.29, 0.717) is 4.57 Å². The van der Waals surface area contributed by atoms with Crippen molar-refractivity contribution in [2.75, 3.05) is 12.3 Å². The van der Waals surface area contributed by atoms with Crippen LogP contribution < -0.4 is 11.4 Å². The maximum absolute atomic E-state index is 13.9. The van der Waals surface area contributed by atoms with Crippen LogP contribution in [0.4, 0.5) is 14.6 Å². The van der Waals surface area contributed by atoms with Gasteiger partial charge >= 0.3 is 5.69 Å². The molecule has 0 bridgehead atoms. The molecule has 3 unspecified atom stereocenters. The summed E-state index contributed by atoms with van der Waals surface area (Å²) < 4.78 is 32.2. The van der Waals surface area contributed by atoms with Crippen LogP contribution in [0.15, 0.2) is 22.9 Å². The molecule has 19 heavy (non-hydrogen) atoms. The van der Waals surface area contributed by atoms with Gasteiger partial charge in [0.2, 0.25) is 0 Å². The number of aromatic nitrogens is 2. The lowest BCUT2D eigenvalue weighted by molar-refractivity contribution is -0.0377. The first-order valence-corrected chi connectivity index (χ1v) is 5.27. The van der Waals surface area contributed by atoms with Crippen LogP contribution in [0.3, 0.4) is 0 Å². The van der Waals surface area contributed by atoms with E-state index in [1.165, 1.54) is 0 Å². The SMILES string of the molecule is Nc1nc(=O)n(C2OC(CO)C(=CF)C2F)cc1O. The molecular weight excluding hydrogens is 264 g/mol. The second kappa shape index (κ2) is 4.94. The van der Waals surface area contributed by atoms with Gasteiger partial charge in [0.05, 0.1) is 19.1 Å². The smallest absolute Gasteiger partial charge is 0.351 e. The molecule has 0 amide bonds. The van der Waals surface area contributed by atoms with E-state index in [0.717, 1.165) is 6.20 Å². The van der Waals surface area contributed by atoms with Gasteiger partial charge in [0.15, 0.2) is 24.0 Å². The highest BCUT2D eigenvalue weighted by molar-refractivity contribution is 5.41. The Balaban J connectivity index is 2.44. The Labute approximate surface area is 105 Å². The minimum Gasteiger partial charge on any atom is -0.503 e. The number of nitrogens with zero attached hydrogens (tertiary/aromatic N) is 2. The van der Waals surface area contributed by atoms with Crippen molar-refractivity contribution >= 4 is 5.82 Å². The summed E-state index contributed by atoms with van der Waals surface area (Å²) in [4.78, 5) is 14.8. The highest BCUT2D eigenvalue weighted by Gasteiger charge is 2.42. The molecule has 3 atom stereocenters. The van der Waals surface area contributed by atoms with E-state index >= 15 is 0 Å². The van der Waals surface area contributed by atoms with Crippen molar-refractivity contribution in [2.24, 2.45) is 0 Å². The molecule has 1 aromatic rings. The summed E-state index contributed by atoms with van der Waals surface area (Å²) in [7, 11) is 0. The molecule has 0 saturated carbocycles. The van der Waals surface area contributed by atoms with E-state index in [4.69, 9.17) is 15.6 Å². The van der Waals surface area contributed by atoms with E-state index in [-0.39, 0.29) is 6.33 Å². The highest BCUT2D eigenvalue weighted by Crippen LogP contribution is 2.35. The molecule has 1 saturated heterocycles. The number of nitrogen functional groups attached to an aromatic ring is 1. The van der Waals surface area contributed by atoms with E-state index < -0.39 is 47.9 Å². The van der Waals surface area contributed by atoms with Crippen molar-refractivity contribution < 1.29 is 23.7 Å². The summed E-state index contributed by atoms with van der Waals surface area (Å²) in [6.45, 7) is -0.643. The third kappa shape index (κ3) is 2.17. The van der Waals surface area contributed by atoms with Crippen LogP contribution in [0.1, 0.15) is 6.23 Å². The standard InChI is InChI=1S/C10H11F2N3O4/c11-1-4-6(3-16)19-9(7(4)12)15-2-5(17)8(13)14-10(15)18/h1-2,6-7,9,16-17H,3H2,(H2,13,14,18). The maximum atomic E-state index is 13.9. The molecule has 0 radical (unpaired) electrons. The monoisotopic (exact) mass is 275 g/mol. The average Bonchev–Trinajstić information content (AvgIpc) is 2.70. The lowest BCUT2D eigenvalue weighted by atomic mass is 10.1. The second-order valence-electron chi connectivity index (χ2n) is 3.91. The molecule has 7 nitrogen and oxygen atoms in total. The minimum absolute atomic E-state index is 0.0127. The summed E-state index contributed by atoms with van der Waals surface area (Å²) in [6.07, 6.45) is -3.87. The molecule has 2 heterocycles. The molecular formula is C10H11F2N3O4. The second-order valence-corrected chi connectivity index (χ2v) is 3.91. The third-order valence-electron chi connectivity index (χ3n) is 2.77. The molecule has 2 rings (SSSR count). The molecule has 1 fully saturated rings. The summed E-state index contributed by atoms with van der Waals surface area (Å²) in [5.74, 6) is -0.941. The van der Waals surface area contributed by atoms with Crippen LogP contribution in [-0.4, -0.2) is 38.6 Å². The number of aliphatic hydroxyl groups is 1. The van der Waals surface area contributed by atoms with Crippen molar-refractivity contribution in [2.45, 2.75) is 18.5 Å². The van der Waals surface area contributed by atoms with Gasteiger partial charge < -0.3 is 20.7 Å². The fraction of sp³-hybridized carbons (Fsp3) is 0.400. The number of aromatic hydroxyl groups is 1. The van der Waals surface area contributed by atoms with Gasteiger partial charge in [0.1, 0.15) is 6.10 Å². The number of hydrogen-bond acceptors (Lipinski definition) is 6. The van der Waals surface area contributed by atoms with Gasteiger partial charge in [-0.15, -0.1) is 0 Å². The lowest BCUT2D eigenvalue weighted by Gasteiger charge is -2.15. The molecule has 0 spiro atoms. The van der Waals surface area contributed by atoms with Crippen LogP contribution in [0, 0.1) is 0 Å². The quantitative estimate of drug-likeness (QED) is 0.678. The summed E-state index contributed by atoms with van der Waals surface area (Å²) in [6, 6.07) is 0. The van der Waals surface area contributed by atoms with Crippen LogP contribution in [0.5, 0.6) is 5.75 Å². The van der Waals surface area contributed by atoms with Gasteiger partial charge in [0, 0.05) is 5.57 Å². The number of anilines is 1. The van der Waals surface area contributed by atoms with Crippen molar-refractivity contribution in [1.82, 2.24) is 9.55 Å². The maximum Gasteiger partial charge on any atom is 0.351 e. The van der Waals surface area contributed by atoms with Crippen molar-refractivity contribution in [3.8, 4) is 5.75 Å². The predicted molar refractivity (Wildman–Crippen MR) is 59.7 cm³/mol. The van der Waals surface area contributed by atoms with Gasteiger partial charge in [-0.05, 0) is 0 Å². The zero-order valence-electron chi connectivity index (χ0n) is 9.53. The number of halogens is 2. The fourth-order valence-electron chi connectivity index (χ4n) is 1.80. The average molecular weight is 275 g/mol. The Morgan fingerprint density at radius 2 is 2.32 bits per heavy atom. The Bertz CT molecular complexity index is 574. The normalized spacial score (nSPS) is 29.0. The van der Waals surface area contributed by atoms with Crippen LogP contribution in [0.25, 0.3) is 0 Å². The Hall–Kier alpha value is -2.00. The molecule has 1 aliphatic heterocycles. The zero-order valence-corrected chi connectivity index (χ0v) is 9.53. The number of aliphatic hydroxyl groups excluding tert-OH is 1. The predicted octanol–water partition coefficient (Wildman–Crippen LogP) is -0.388. The number of nitrogens with two attached hydrogens (primary N) is 1. The Kier molecular flexibility index (Phi) is 3.49. The van der Waals surface area contributed by atoms with Gasteiger partial charge in [-0.3, -0.25) is 4.57 Å². The first kappa shape index (κ1) is 13.4. The van der Waals surface area contributed by atoms with Crippen LogP contribution in [0.2, 0.25) is 0 Å². The molecule has 4 N–H and O–H groups in total. The first-order chi connectivity index (χ1) is 8.99. The molecule has 1 aromatic heterocycles. The van der Waals surface area contributed by atoms with Crippen molar-refractivity contribution in [3.05, 3.63) is 28.6 Å². The molecule has 9 heteroatoms. The van der Waals surface area contributed by atoms with Gasteiger partial charge in [-0.25, -0.2) is 13.6 Å². The zero-order chi connectivity index (χ0) is 14.2. The molecule has 0 aromatic carbocycles. The fourth-order valence-corrected chi connectivity index (χ4v) is 1.80. The minimum atomic E-state index is -1.98. The van der Waals surface area contributed by atoms with Gasteiger partial charge in [-0.1, -0.05) is 0 Å². The lowest BCUT2D eigenvalue weighted by Crippen LogP contribution is -2.31. The molecule has 104 valence electrons. The summed E-state index contributed by atoms with van der Waals surface area (Å²) >= 11 is 0.